The van der Waals surface area contributed by atoms with Crippen molar-refractivity contribution in [2.45, 2.75) is 31.5 Å². The maximum atomic E-state index is 13.6. The lowest BCUT2D eigenvalue weighted by Crippen LogP contribution is -2.52. The number of hydrogen-bond donors (Lipinski definition) is 1. The van der Waals surface area contributed by atoms with Gasteiger partial charge in [-0.25, -0.2) is 14.2 Å². The zero-order valence-corrected chi connectivity index (χ0v) is 18.0. The Morgan fingerprint density at radius 3 is 2.67 bits per heavy atom. The molecule has 7 heteroatoms. The third-order valence-electron chi connectivity index (χ3n) is 6.05. The molecular weight excluding hydrogens is 421 g/mol. The molecule has 4 aromatic rings. The molecule has 0 fully saturated rings. The van der Waals surface area contributed by atoms with Crippen molar-refractivity contribution in [2.24, 2.45) is 0 Å². The third-order valence-corrected chi connectivity index (χ3v) is 6.05. The van der Waals surface area contributed by atoms with Crippen LogP contribution in [0.4, 0.5) is 4.39 Å². The first-order valence-electron chi connectivity index (χ1n) is 10.7. The van der Waals surface area contributed by atoms with Crippen molar-refractivity contribution < 1.29 is 18.7 Å². The van der Waals surface area contributed by atoms with Crippen LogP contribution in [0.1, 0.15) is 34.5 Å². The summed E-state index contributed by atoms with van der Waals surface area (Å²) in [5, 5.41) is 3.03. The number of rotatable bonds is 5. The molecule has 6 nitrogen and oxygen atoms in total. The second-order valence-corrected chi connectivity index (χ2v) is 8.42. The van der Waals surface area contributed by atoms with E-state index in [9.17, 15) is 14.0 Å². The lowest BCUT2D eigenvalue weighted by atomic mass is 9.89. The van der Waals surface area contributed by atoms with E-state index in [0.29, 0.717) is 12.1 Å². The number of para-hydroxylation sites is 2. The fourth-order valence-electron chi connectivity index (χ4n) is 4.25. The number of fused-ring (bicyclic) bond motifs is 2. The molecule has 0 radical (unpaired) electrons. The molecule has 0 saturated heterocycles. The van der Waals surface area contributed by atoms with Crippen molar-refractivity contribution in [1.82, 2.24) is 14.9 Å². The van der Waals surface area contributed by atoms with Gasteiger partial charge in [-0.1, -0.05) is 42.5 Å². The fraction of sp³-hybridized carbons (Fsp3) is 0.192. The first-order chi connectivity index (χ1) is 15.9. The summed E-state index contributed by atoms with van der Waals surface area (Å²) in [7, 11) is 0. The molecule has 1 aromatic heterocycles. The number of aromatic nitrogens is 2. The van der Waals surface area contributed by atoms with Gasteiger partial charge in [0, 0.05) is 13.0 Å². The number of ether oxygens (including phenoxy) is 1. The van der Waals surface area contributed by atoms with Crippen molar-refractivity contribution in [2.75, 3.05) is 0 Å². The maximum Gasteiger partial charge on any atom is 0.339 e. The summed E-state index contributed by atoms with van der Waals surface area (Å²) >= 11 is 0. The van der Waals surface area contributed by atoms with Gasteiger partial charge in [0.1, 0.15) is 5.82 Å². The zero-order valence-electron chi connectivity index (χ0n) is 18.0. The molecule has 5 rings (SSSR count). The molecule has 2 atom stereocenters. The summed E-state index contributed by atoms with van der Waals surface area (Å²) in [6.45, 7) is 1.99. The second-order valence-electron chi connectivity index (χ2n) is 8.42. The highest BCUT2D eigenvalue weighted by Crippen LogP contribution is 2.29. The molecule has 2 heterocycles. The van der Waals surface area contributed by atoms with Gasteiger partial charge in [-0.15, -0.1) is 0 Å². The Morgan fingerprint density at radius 2 is 1.85 bits per heavy atom. The van der Waals surface area contributed by atoms with Gasteiger partial charge in [-0.05, 0) is 48.4 Å². The monoisotopic (exact) mass is 443 g/mol. The van der Waals surface area contributed by atoms with E-state index < -0.39 is 23.5 Å². The number of nitrogens with zero attached hydrogens (tertiary/aromatic N) is 2. The number of hydrogen-bond acceptors (Lipinski definition) is 4. The van der Waals surface area contributed by atoms with Crippen LogP contribution in [0.3, 0.4) is 0 Å². The van der Waals surface area contributed by atoms with Gasteiger partial charge in [-0.2, -0.15) is 0 Å². The van der Waals surface area contributed by atoms with Gasteiger partial charge in [0.25, 0.3) is 5.91 Å². The molecule has 1 amide bonds. The maximum absolute atomic E-state index is 13.6. The normalized spacial score (nSPS) is 18.4. The summed E-state index contributed by atoms with van der Waals surface area (Å²) < 4.78 is 21.1. The molecule has 33 heavy (non-hydrogen) atoms. The highest BCUT2D eigenvalue weighted by Gasteiger charge is 2.43. The standard InChI is InChI=1S/C26H22FN3O3/c1-26(14-18-6-2-3-7-20(18)24(31)33-26)25(32)29-22(17-10-12-19(27)13-11-17)15-30-16-28-21-8-4-5-9-23(21)30/h2-13,16,22H,14-15H2,1H3,(H,29,32). The average Bonchev–Trinajstić information content (AvgIpc) is 3.22. The van der Waals surface area contributed by atoms with Gasteiger partial charge in [0.2, 0.25) is 0 Å². The van der Waals surface area contributed by atoms with Gasteiger partial charge in [0.15, 0.2) is 5.60 Å². The number of carbonyl (C=O) groups is 2. The van der Waals surface area contributed by atoms with Crippen LogP contribution in [0.15, 0.2) is 79.1 Å². The summed E-state index contributed by atoms with van der Waals surface area (Å²) in [5.41, 5.74) is 2.37. The highest BCUT2D eigenvalue weighted by molar-refractivity contribution is 5.97. The molecule has 2 unspecified atom stereocenters. The predicted octanol–water partition coefficient (Wildman–Crippen LogP) is 4.20. The highest BCUT2D eigenvalue weighted by atomic mass is 19.1. The lowest BCUT2D eigenvalue weighted by Gasteiger charge is -2.34. The van der Waals surface area contributed by atoms with E-state index in [1.54, 1.807) is 37.5 Å². The predicted molar refractivity (Wildman–Crippen MR) is 121 cm³/mol. The number of halogens is 1. The Bertz CT molecular complexity index is 1350. The summed E-state index contributed by atoms with van der Waals surface area (Å²) in [5.74, 6) is -1.29. The van der Waals surface area contributed by atoms with Gasteiger partial charge >= 0.3 is 5.97 Å². The van der Waals surface area contributed by atoms with E-state index in [2.05, 4.69) is 10.3 Å². The number of cyclic esters (lactones) is 1. The summed E-state index contributed by atoms with van der Waals surface area (Å²) in [6.07, 6.45) is 1.98. The molecule has 1 aliphatic rings. The number of carbonyl (C=O) groups excluding carboxylic acids is 2. The number of benzene rings is 3. The van der Waals surface area contributed by atoms with Crippen LogP contribution in [0.5, 0.6) is 0 Å². The number of esters is 1. The molecule has 3 aromatic carbocycles. The topological polar surface area (TPSA) is 73.2 Å². The molecule has 1 N–H and O–H groups in total. The van der Waals surface area contributed by atoms with Crippen LogP contribution in [-0.4, -0.2) is 27.0 Å². The van der Waals surface area contributed by atoms with E-state index in [4.69, 9.17) is 4.74 Å². The van der Waals surface area contributed by atoms with Gasteiger partial charge < -0.3 is 14.6 Å². The van der Waals surface area contributed by atoms with Crippen LogP contribution in [-0.2, 0) is 22.5 Å². The Morgan fingerprint density at radius 1 is 1.12 bits per heavy atom. The van der Waals surface area contributed by atoms with E-state index in [1.807, 2.05) is 41.0 Å². The largest absolute Gasteiger partial charge is 0.445 e. The van der Waals surface area contributed by atoms with E-state index in [1.165, 1.54) is 12.1 Å². The van der Waals surface area contributed by atoms with Crippen LogP contribution in [0.2, 0.25) is 0 Å². The minimum absolute atomic E-state index is 0.269. The van der Waals surface area contributed by atoms with Crippen LogP contribution >= 0.6 is 0 Å². The van der Waals surface area contributed by atoms with Crippen LogP contribution in [0.25, 0.3) is 11.0 Å². The first-order valence-corrected chi connectivity index (χ1v) is 10.7. The minimum atomic E-state index is -1.36. The first kappa shape index (κ1) is 20.9. The molecular formula is C26H22FN3O3. The Balaban J connectivity index is 1.45. The molecule has 166 valence electrons. The Kier molecular flexibility index (Phi) is 5.17. The average molecular weight is 443 g/mol. The van der Waals surface area contributed by atoms with Gasteiger partial charge in [0.05, 0.1) is 29.0 Å². The number of amides is 1. The SMILES string of the molecule is CC1(C(=O)NC(Cn2cnc3ccccc32)c2ccc(F)cc2)Cc2ccccc2C(=O)O1. The van der Waals surface area contributed by atoms with Crippen LogP contribution < -0.4 is 5.32 Å². The molecule has 0 spiro atoms. The van der Waals surface area contributed by atoms with Crippen molar-refractivity contribution in [1.29, 1.82) is 0 Å². The summed E-state index contributed by atoms with van der Waals surface area (Å²) in [6, 6.07) is 20.3. The van der Waals surface area contributed by atoms with Crippen molar-refractivity contribution >= 4 is 22.9 Å². The zero-order chi connectivity index (χ0) is 23.0. The van der Waals surface area contributed by atoms with E-state index in [0.717, 1.165) is 22.2 Å². The molecule has 0 saturated carbocycles. The minimum Gasteiger partial charge on any atom is -0.445 e. The molecule has 0 aliphatic carbocycles. The van der Waals surface area contributed by atoms with Crippen molar-refractivity contribution in [3.63, 3.8) is 0 Å². The summed E-state index contributed by atoms with van der Waals surface area (Å²) in [4.78, 5) is 30.4. The van der Waals surface area contributed by atoms with Crippen molar-refractivity contribution in [3.05, 3.63) is 102 Å². The quantitative estimate of drug-likeness (QED) is 0.469. The lowest BCUT2D eigenvalue weighted by molar-refractivity contribution is -0.140. The number of nitrogens with one attached hydrogen (secondary N) is 1. The van der Waals surface area contributed by atoms with Crippen LogP contribution in [0, 0.1) is 5.82 Å². The van der Waals surface area contributed by atoms with Crippen molar-refractivity contribution in [3.8, 4) is 0 Å². The van der Waals surface area contributed by atoms with E-state index in [-0.39, 0.29) is 12.2 Å². The molecule has 1 aliphatic heterocycles. The molecule has 0 bridgehead atoms. The Hall–Kier alpha value is -4.00. The fourth-order valence-corrected chi connectivity index (χ4v) is 4.25. The van der Waals surface area contributed by atoms with Gasteiger partial charge in [-0.3, -0.25) is 4.79 Å². The Labute approximate surface area is 190 Å². The smallest absolute Gasteiger partial charge is 0.339 e. The third kappa shape index (κ3) is 3.98. The van der Waals surface area contributed by atoms with E-state index >= 15 is 0 Å². The second kappa shape index (κ2) is 8.16. The number of imidazole rings is 1.